The van der Waals surface area contributed by atoms with Gasteiger partial charge in [0.1, 0.15) is 10.7 Å². The fourth-order valence-electron chi connectivity index (χ4n) is 2.43. The van der Waals surface area contributed by atoms with Crippen LogP contribution in [-0.4, -0.2) is 33.5 Å². The van der Waals surface area contributed by atoms with Gasteiger partial charge in [-0.25, -0.2) is 0 Å². The maximum absolute atomic E-state index is 10.9. The van der Waals surface area contributed by atoms with E-state index in [1.54, 1.807) is 6.07 Å². The lowest BCUT2D eigenvalue weighted by atomic mass is 9.92. The third kappa shape index (κ3) is 3.11. The second-order valence-corrected chi connectivity index (χ2v) is 4.88. The fourth-order valence-corrected chi connectivity index (χ4v) is 2.43. The molecule has 2 rings (SSSR count). The summed E-state index contributed by atoms with van der Waals surface area (Å²) in [6.45, 7) is 3.10. The molecule has 0 saturated carbocycles. The third-order valence-electron chi connectivity index (χ3n) is 3.55. The molecule has 19 heavy (non-hydrogen) atoms. The Labute approximate surface area is 110 Å². The molecule has 0 aromatic carbocycles. The number of nitrogens with zero attached hydrogens (tertiary/aromatic N) is 2. The number of rotatable bonds is 4. The zero-order chi connectivity index (χ0) is 14.0. The molecule has 1 aromatic heterocycles. The maximum Gasteiger partial charge on any atom is 0.433 e. The molecule has 1 fully saturated rings. The number of hydrogen-bond acceptors (Lipinski definition) is 5. The van der Waals surface area contributed by atoms with Crippen molar-refractivity contribution in [1.82, 2.24) is 4.90 Å². The molecular formula is C12H16N2O5. The van der Waals surface area contributed by atoms with E-state index in [0.717, 1.165) is 0 Å². The van der Waals surface area contributed by atoms with Crippen molar-refractivity contribution in [3.63, 3.8) is 0 Å². The summed E-state index contributed by atoms with van der Waals surface area (Å²) in [6.07, 6.45) is 1.20. The first-order valence-electron chi connectivity index (χ1n) is 6.17. The molecular weight excluding hydrogens is 252 g/mol. The maximum atomic E-state index is 10.9. The van der Waals surface area contributed by atoms with E-state index < -0.39 is 10.9 Å². The highest BCUT2D eigenvalue weighted by molar-refractivity contribution is 5.70. The minimum Gasteiger partial charge on any atom is -0.481 e. The smallest absolute Gasteiger partial charge is 0.433 e. The van der Waals surface area contributed by atoms with Crippen molar-refractivity contribution in [1.29, 1.82) is 0 Å². The molecule has 0 spiro atoms. The van der Waals surface area contributed by atoms with Gasteiger partial charge in [0.05, 0.1) is 18.5 Å². The average Bonchev–Trinajstić information content (AvgIpc) is 2.80. The van der Waals surface area contributed by atoms with Gasteiger partial charge in [-0.05, 0) is 32.4 Å². The van der Waals surface area contributed by atoms with Crippen LogP contribution in [0.4, 0.5) is 5.88 Å². The Bertz CT molecular complexity index is 484. The largest absolute Gasteiger partial charge is 0.481 e. The number of furan rings is 1. The summed E-state index contributed by atoms with van der Waals surface area (Å²) in [5.74, 6) is -0.771. The summed E-state index contributed by atoms with van der Waals surface area (Å²) >= 11 is 0. The van der Waals surface area contributed by atoms with Crippen LogP contribution in [0, 0.1) is 16.0 Å². The zero-order valence-electron chi connectivity index (χ0n) is 10.6. The molecule has 2 heterocycles. The second kappa shape index (κ2) is 5.40. The Morgan fingerprint density at radius 1 is 1.63 bits per heavy atom. The molecule has 1 aliphatic heterocycles. The quantitative estimate of drug-likeness (QED) is 0.661. The standard InChI is InChI=1S/C12H16N2O5/c1-8-6-9(12(15)16)4-5-13(8)7-10-2-3-11(19-10)14(17)18/h2-3,8-9H,4-7H2,1H3,(H,15,16). The predicted octanol–water partition coefficient (Wildman–Crippen LogP) is 1.87. The number of hydrogen-bond donors (Lipinski definition) is 1. The van der Waals surface area contributed by atoms with E-state index in [2.05, 4.69) is 4.90 Å². The molecule has 2 atom stereocenters. The van der Waals surface area contributed by atoms with Crippen molar-refractivity contribution in [2.45, 2.75) is 32.4 Å². The van der Waals surface area contributed by atoms with Gasteiger partial charge in [0.25, 0.3) is 0 Å². The van der Waals surface area contributed by atoms with Gasteiger partial charge < -0.3 is 9.52 Å². The molecule has 2 unspecified atom stereocenters. The number of carbonyl (C=O) groups is 1. The molecule has 104 valence electrons. The van der Waals surface area contributed by atoms with Gasteiger partial charge in [0.2, 0.25) is 0 Å². The van der Waals surface area contributed by atoms with E-state index >= 15 is 0 Å². The van der Waals surface area contributed by atoms with Crippen LogP contribution in [0.3, 0.4) is 0 Å². The summed E-state index contributed by atoms with van der Waals surface area (Å²) in [7, 11) is 0. The lowest BCUT2D eigenvalue weighted by molar-refractivity contribution is -0.402. The van der Waals surface area contributed by atoms with E-state index in [4.69, 9.17) is 9.52 Å². The summed E-state index contributed by atoms with van der Waals surface area (Å²) in [6, 6.07) is 3.05. The van der Waals surface area contributed by atoms with E-state index in [9.17, 15) is 14.9 Å². The van der Waals surface area contributed by atoms with Crippen molar-refractivity contribution in [3.8, 4) is 0 Å². The van der Waals surface area contributed by atoms with E-state index in [0.29, 0.717) is 31.7 Å². The lowest BCUT2D eigenvalue weighted by Crippen LogP contribution is -2.42. The normalized spacial score (nSPS) is 24.3. The molecule has 0 amide bonds. The van der Waals surface area contributed by atoms with Crippen LogP contribution in [0.5, 0.6) is 0 Å². The van der Waals surface area contributed by atoms with E-state index in [1.807, 2.05) is 6.92 Å². The third-order valence-corrected chi connectivity index (χ3v) is 3.55. The lowest BCUT2D eigenvalue weighted by Gasteiger charge is -2.35. The van der Waals surface area contributed by atoms with Crippen LogP contribution in [0.2, 0.25) is 0 Å². The van der Waals surface area contributed by atoms with Gasteiger partial charge in [0.15, 0.2) is 0 Å². The first-order valence-corrected chi connectivity index (χ1v) is 6.17. The van der Waals surface area contributed by atoms with Gasteiger partial charge in [-0.3, -0.25) is 19.8 Å². The van der Waals surface area contributed by atoms with Gasteiger partial charge >= 0.3 is 11.9 Å². The van der Waals surface area contributed by atoms with Crippen LogP contribution < -0.4 is 0 Å². The molecule has 1 aliphatic rings. The predicted molar refractivity (Wildman–Crippen MR) is 65.6 cm³/mol. The Morgan fingerprint density at radius 3 is 2.89 bits per heavy atom. The van der Waals surface area contributed by atoms with Gasteiger partial charge in [-0.15, -0.1) is 0 Å². The Balaban J connectivity index is 1.96. The summed E-state index contributed by atoms with van der Waals surface area (Å²) in [4.78, 5) is 23.0. The molecule has 7 nitrogen and oxygen atoms in total. The highest BCUT2D eigenvalue weighted by Gasteiger charge is 2.30. The van der Waals surface area contributed by atoms with E-state index in [1.165, 1.54) is 6.07 Å². The number of aliphatic carboxylic acids is 1. The van der Waals surface area contributed by atoms with Crippen LogP contribution in [0.1, 0.15) is 25.5 Å². The summed E-state index contributed by atoms with van der Waals surface area (Å²) < 4.78 is 5.11. The first kappa shape index (κ1) is 13.5. The highest BCUT2D eigenvalue weighted by Crippen LogP contribution is 2.25. The summed E-state index contributed by atoms with van der Waals surface area (Å²) in [5.41, 5.74) is 0. The molecule has 1 aromatic rings. The Morgan fingerprint density at radius 2 is 2.37 bits per heavy atom. The monoisotopic (exact) mass is 268 g/mol. The van der Waals surface area contributed by atoms with Gasteiger partial charge in [-0.2, -0.15) is 0 Å². The van der Waals surface area contributed by atoms with Crippen molar-refractivity contribution in [3.05, 3.63) is 28.0 Å². The number of piperidine rings is 1. The fraction of sp³-hybridized carbons (Fsp3) is 0.583. The minimum absolute atomic E-state index is 0.124. The van der Waals surface area contributed by atoms with Crippen molar-refractivity contribution < 1.29 is 19.2 Å². The topological polar surface area (TPSA) is 96.8 Å². The van der Waals surface area contributed by atoms with Gasteiger partial charge in [0, 0.05) is 6.04 Å². The SMILES string of the molecule is CC1CC(C(=O)O)CCN1Cc1ccc([N+](=O)[O-])o1. The summed E-state index contributed by atoms with van der Waals surface area (Å²) in [5, 5.41) is 19.5. The molecule has 0 radical (unpaired) electrons. The van der Waals surface area contributed by atoms with Crippen molar-refractivity contribution in [2.24, 2.45) is 5.92 Å². The van der Waals surface area contributed by atoms with Crippen LogP contribution in [0.15, 0.2) is 16.5 Å². The van der Waals surface area contributed by atoms with Crippen LogP contribution in [0.25, 0.3) is 0 Å². The van der Waals surface area contributed by atoms with Crippen LogP contribution >= 0.6 is 0 Å². The molecule has 0 bridgehead atoms. The number of carboxylic acids is 1. The Kier molecular flexibility index (Phi) is 3.84. The first-order chi connectivity index (χ1) is 8.97. The number of likely N-dealkylation sites (tertiary alicyclic amines) is 1. The second-order valence-electron chi connectivity index (χ2n) is 4.88. The molecule has 1 saturated heterocycles. The zero-order valence-corrected chi connectivity index (χ0v) is 10.6. The number of carboxylic acid groups (broad SMARTS) is 1. The highest BCUT2D eigenvalue weighted by atomic mass is 16.6. The van der Waals surface area contributed by atoms with Crippen molar-refractivity contribution >= 4 is 11.9 Å². The van der Waals surface area contributed by atoms with Crippen LogP contribution in [-0.2, 0) is 11.3 Å². The van der Waals surface area contributed by atoms with Gasteiger partial charge in [-0.1, -0.05) is 0 Å². The molecule has 7 heteroatoms. The molecule has 0 aliphatic carbocycles. The average molecular weight is 268 g/mol. The number of nitro groups is 1. The Hall–Kier alpha value is -1.89. The van der Waals surface area contributed by atoms with Crippen molar-refractivity contribution in [2.75, 3.05) is 6.54 Å². The van der Waals surface area contributed by atoms with E-state index in [-0.39, 0.29) is 17.8 Å². The minimum atomic E-state index is -0.750. The molecule has 1 N–H and O–H groups in total.